The molecule has 0 unspecified atom stereocenters. The first kappa shape index (κ1) is 22.1. The number of carboxylic acid groups (broad SMARTS) is 1. The second kappa shape index (κ2) is 9.30. The number of carbonyl (C=O) groups is 2. The van der Waals surface area contributed by atoms with Crippen LogP contribution in [0, 0.1) is 6.92 Å². The second-order valence-corrected chi connectivity index (χ2v) is 8.12. The third kappa shape index (κ3) is 5.39. The quantitative estimate of drug-likeness (QED) is 0.493. The summed E-state index contributed by atoms with van der Waals surface area (Å²) in [4.78, 5) is 23.2. The molecule has 0 bridgehead atoms. The van der Waals surface area contributed by atoms with E-state index in [-0.39, 0.29) is 10.5 Å². The van der Waals surface area contributed by atoms with Crippen LogP contribution >= 0.6 is 0 Å². The molecule has 0 aromatic heterocycles. The van der Waals surface area contributed by atoms with Crippen molar-refractivity contribution in [1.82, 2.24) is 9.73 Å². The molecule has 0 saturated heterocycles. The molecule has 0 radical (unpaired) electrons. The predicted octanol–water partition coefficient (Wildman–Crippen LogP) is 1.47. The van der Waals surface area contributed by atoms with E-state index in [1.807, 2.05) is 0 Å². The Hall–Kier alpha value is -3.24. The summed E-state index contributed by atoms with van der Waals surface area (Å²) >= 11 is 0. The number of amides is 1. The van der Waals surface area contributed by atoms with Gasteiger partial charge in [0.25, 0.3) is 5.91 Å². The van der Waals surface area contributed by atoms with E-state index < -0.39 is 28.4 Å². The Kier molecular flexibility index (Phi) is 7.08. The molecule has 2 aromatic rings. The summed E-state index contributed by atoms with van der Waals surface area (Å²) in [6.07, 6.45) is 1.18. The lowest BCUT2D eigenvalue weighted by Crippen LogP contribution is -2.36. The maximum atomic E-state index is 12.6. The van der Waals surface area contributed by atoms with E-state index in [4.69, 9.17) is 9.84 Å². The molecule has 0 fully saturated rings. The first-order valence-corrected chi connectivity index (χ1v) is 9.86. The van der Waals surface area contributed by atoms with Crippen LogP contribution in [0.1, 0.15) is 21.5 Å². The van der Waals surface area contributed by atoms with Crippen molar-refractivity contribution in [3.05, 3.63) is 59.2 Å². The molecule has 9 nitrogen and oxygen atoms in total. The third-order valence-electron chi connectivity index (χ3n) is 4.02. The standard InChI is InChI=1S/C19H21N3O6S/c1-13-10-15(8-9-17(13)28-3)29(26,27)22(2)12-18(23)21-20-11-14-6-4-5-7-16(14)19(24)25/h4-11H,12H2,1-3H3,(H,21,23)(H,24,25)/b20-11-. The van der Waals surface area contributed by atoms with E-state index >= 15 is 0 Å². The van der Waals surface area contributed by atoms with Gasteiger partial charge in [-0.3, -0.25) is 4.79 Å². The van der Waals surface area contributed by atoms with Gasteiger partial charge in [0.2, 0.25) is 10.0 Å². The molecule has 0 spiro atoms. The number of hydrogen-bond donors (Lipinski definition) is 2. The molecule has 0 saturated carbocycles. The number of rotatable bonds is 8. The molecule has 0 aliphatic heterocycles. The zero-order valence-corrected chi connectivity index (χ0v) is 16.9. The van der Waals surface area contributed by atoms with Crippen LogP contribution < -0.4 is 10.2 Å². The van der Waals surface area contributed by atoms with Gasteiger partial charge in [-0.25, -0.2) is 18.6 Å². The minimum atomic E-state index is -3.89. The highest BCUT2D eigenvalue weighted by Gasteiger charge is 2.23. The average molecular weight is 419 g/mol. The van der Waals surface area contributed by atoms with Gasteiger partial charge in [-0.2, -0.15) is 9.41 Å². The van der Waals surface area contributed by atoms with Crippen molar-refractivity contribution in [2.24, 2.45) is 5.10 Å². The zero-order chi connectivity index (χ0) is 21.6. The zero-order valence-electron chi connectivity index (χ0n) is 16.1. The molecular formula is C19H21N3O6S. The van der Waals surface area contributed by atoms with Crippen molar-refractivity contribution < 1.29 is 27.9 Å². The average Bonchev–Trinajstić information content (AvgIpc) is 2.68. The van der Waals surface area contributed by atoms with E-state index in [0.29, 0.717) is 16.9 Å². The fourth-order valence-corrected chi connectivity index (χ4v) is 3.70. The largest absolute Gasteiger partial charge is 0.496 e. The molecule has 2 aromatic carbocycles. The number of methoxy groups -OCH3 is 1. The monoisotopic (exact) mass is 419 g/mol. The van der Waals surface area contributed by atoms with Gasteiger partial charge in [-0.05, 0) is 36.8 Å². The van der Waals surface area contributed by atoms with E-state index in [1.54, 1.807) is 25.1 Å². The van der Waals surface area contributed by atoms with Crippen LogP contribution in [0.25, 0.3) is 0 Å². The lowest BCUT2D eigenvalue weighted by Gasteiger charge is -2.17. The topological polar surface area (TPSA) is 125 Å². The van der Waals surface area contributed by atoms with Gasteiger partial charge >= 0.3 is 5.97 Å². The molecule has 0 aliphatic carbocycles. The maximum absolute atomic E-state index is 12.6. The van der Waals surface area contributed by atoms with Gasteiger partial charge in [0, 0.05) is 12.6 Å². The maximum Gasteiger partial charge on any atom is 0.336 e. The second-order valence-electron chi connectivity index (χ2n) is 6.08. The van der Waals surface area contributed by atoms with E-state index in [2.05, 4.69) is 10.5 Å². The summed E-state index contributed by atoms with van der Waals surface area (Å²) in [6, 6.07) is 10.5. The van der Waals surface area contributed by atoms with Gasteiger partial charge in [0.1, 0.15) is 5.75 Å². The number of hydrogen-bond acceptors (Lipinski definition) is 6. The fraction of sp³-hybridized carbons (Fsp3) is 0.211. The molecular weight excluding hydrogens is 398 g/mol. The Morgan fingerprint density at radius 1 is 1.24 bits per heavy atom. The summed E-state index contributed by atoms with van der Waals surface area (Å²) in [5.41, 5.74) is 3.17. The predicted molar refractivity (Wildman–Crippen MR) is 107 cm³/mol. The number of carbonyl (C=O) groups excluding carboxylic acids is 1. The minimum Gasteiger partial charge on any atom is -0.496 e. The number of ether oxygens (including phenoxy) is 1. The molecule has 10 heteroatoms. The first-order chi connectivity index (χ1) is 13.7. The summed E-state index contributed by atoms with van der Waals surface area (Å²) < 4.78 is 31.3. The molecule has 29 heavy (non-hydrogen) atoms. The fourth-order valence-electron chi connectivity index (χ4n) is 2.49. The number of nitrogens with one attached hydrogen (secondary N) is 1. The summed E-state index contributed by atoms with van der Waals surface area (Å²) in [5, 5.41) is 12.8. The summed E-state index contributed by atoms with van der Waals surface area (Å²) in [7, 11) is -1.13. The summed E-state index contributed by atoms with van der Waals surface area (Å²) in [5.74, 6) is -1.25. The SMILES string of the molecule is COc1ccc(S(=O)(=O)N(C)CC(=O)N/N=C\c2ccccc2C(=O)O)cc1C. The first-order valence-electron chi connectivity index (χ1n) is 8.42. The molecule has 2 N–H and O–H groups in total. The number of hydrazone groups is 1. The smallest absolute Gasteiger partial charge is 0.336 e. The summed E-state index contributed by atoms with van der Waals surface area (Å²) in [6.45, 7) is 1.25. The Bertz CT molecular complexity index is 1050. The van der Waals surface area contributed by atoms with E-state index in [1.165, 1.54) is 44.6 Å². The molecule has 0 atom stereocenters. The van der Waals surface area contributed by atoms with Crippen molar-refractivity contribution in [3.63, 3.8) is 0 Å². The molecule has 2 rings (SSSR count). The number of aryl methyl sites for hydroxylation is 1. The number of nitrogens with zero attached hydrogens (tertiary/aromatic N) is 2. The highest BCUT2D eigenvalue weighted by Crippen LogP contribution is 2.23. The van der Waals surface area contributed by atoms with Gasteiger partial charge < -0.3 is 9.84 Å². The van der Waals surface area contributed by atoms with Gasteiger partial charge in [-0.15, -0.1) is 0 Å². The van der Waals surface area contributed by atoms with Crippen molar-refractivity contribution in [2.75, 3.05) is 20.7 Å². The van der Waals surface area contributed by atoms with Crippen molar-refractivity contribution >= 4 is 28.1 Å². The highest BCUT2D eigenvalue weighted by atomic mass is 32.2. The number of benzene rings is 2. The normalized spacial score (nSPS) is 11.6. The van der Waals surface area contributed by atoms with E-state index in [0.717, 1.165) is 4.31 Å². The minimum absolute atomic E-state index is 0.0278. The van der Waals surface area contributed by atoms with Crippen LogP contribution in [-0.4, -0.2) is 56.6 Å². The van der Waals surface area contributed by atoms with E-state index in [9.17, 15) is 18.0 Å². The van der Waals surface area contributed by atoms with Crippen LogP contribution in [0.3, 0.4) is 0 Å². The lowest BCUT2D eigenvalue weighted by molar-refractivity contribution is -0.121. The van der Waals surface area contributed by atoms with Gasteiger partial charge in [0.15, 0.2) is 0 Å². The van der Waals surface area contributed by atoms with Crippen LogP contribution in [0.4, 0.5) is 0 Å². The van der Waals surface area contributed by atoms with Crippen molar-refractivity contribution in [1.29, 1.82) is 0 Å². The van der Waals surface area contributed by atoms with Gasteiger partial charge in [-0.1, -0.05) is 18.2 Å². The van der Waals surface area contributed by atoms with Gasteiger partial charge in [0.05, 0.1) is 30.3 Å². The molecule has 0 heterocycles. The Morgan fingerprint density at radius 2 is 1.93 bits per heavy atom. The Labute approximate surface area is 168 Å². The van der Waals surface area contributed by atoms with Crippen molar-refractivity contribution in [2.45, 2.75) is 11.8 Å². The number of sulfonamides is 1. The van der Waals surface area contributed by atoms with Crippen LogP contribution in [0.15, 0.2) is 52.5 Å². The highest BCUT2D eigenvalue weighted by molar-refractivity contribution is 7.89. The number of aromatic carboxylic acids is 1. The molecule has 154 valence electrons. The number of carboxylic acids is 1. The Balaban J connectivity index is 2.05. The van der Waals surface area contributed by atoms with Crippen molar-refractivity contribution in [3.8, 4) is 5.75 Å². The molecule has 1 amide bonds. The lowest BCUT2D eigenvalue weighted by atomic mass is 10.1. The van der Waals surface area contributed by atoms with Crippen LogP contribution in [-0.2, 0) is 14.8 Å². The Morgan fingerprint density at radius 3 is 2.55 bits per heavy atom. The number of likely N-dealkylation sites (N-methyl/N-ethyl adjacent to an activating group) is 1. The van der Waals surface area contributed by atoms with Crippen LogP contribution in [0.2, 0.25) is 0 Å². The molecule has 0 aliphatic rings. The third-order valence-corrected chi connectivity index (χ3v) is 5.82. The van der Waals surface area contributed by atoms with Crippen LogP contribution in [0.5, 0.6) is 5.75 Å².